The van der Waals surface area contributed by atoms with Gasteiger partial charge < -0.3 is 15.5 Å². The topological polar surface area (TPSA) is 110 Å². The summed E-state index contributed by atoms with van der Waals surface area (Å²) in [5.74, 6) is 0.560. The Hall–Kier alpha value is -3.31. The second-order valence-corrected chi connectivity index (χ2v) is 7.41. The number of anilines is 2. The van der Waals surface area contributed by atoms with E-state index in [4.69, 9.17) is 10.2 Å². The van der Waals surface area contributed by atoms with Gasteiger partial charge in [0.1, 0.15) is 11.6 Å². The largest absolute Gasteiger partial charge is 0.461 e. The van der Waals surface area contributed by atoms with Crippen LogP contribution in [0.1, 0.15) is 18.4 Å². The molecule has 1 atom stereocenters. The zero-order chi connectivity index (χ0) is 21.4. The summed E-state index contributed by atoms with van der Waals surface area (Å²) in [6.45, 7) is 1.80. The van der Waals surface area contributed by atoms with Crippen molar-refractivity contribution in [3.05, 3.63) is 53.8 Å². The van der Waals surface area contributed by atoms with Crippen molar-refractivity contribution in [1.29, 1.82) is 0 Å². The van der Waals surface area contributed by atoms with E-state index in [9.17, 15) is 8.78 Å². The Kier molecular flexibility index (Phi) is 6.19. The number of fused-ring (bicyclic) bond motifs is 1. The summed E-state index contributed by atoms with van der Waals surface area (Å²) in [7, 11) is 0. The second-order valence-electron chi connectivity index (χ2n) is 7.41. The lowest BCUT2D eigenvalue weighted by Crippen LogP contribution is -2.35. The summed E-state index contributed by atoms with van der Waals surface area (Å²) >= 11 is 0. The number of likely N-dealkylation sites (tertiary alicyclic amines) is 1. The molecule has 9 nitrogen and oxygen atoms in total. The average molecular weight is 463 g/mol. The molecule has 5 rings (SSSR count). The number of aromatic nitrogens is 5. The Balaban J connectivity index is 0.00000245. The summed E-state index contributed by atoms with van der Waals surface area (Å²) < 4.78 is 33.9. The van der Waals surface area contributed by atoms with Gasteiger partial charge in [-0.25, -0.2) is 8.78 Å². The molecule has 0 amide bonds. The maximum absolute atomic E-state index is 14.0. The van der Waals surface area contributed by atoms with Crippen molar-refractivity contribution in [1.82, 2.24) is 29.5 Å². The molecule has 0 spiro atoms. The van der Waals surface area contributed by atoms with Crippen molar-refractivity contribution in [3.8, 4) is 11.6 Å². The number of furan rings is 1. The smallest absolute Gasteiger partial charge is 0.259 e. The van der Waals surface area contributed by atoms with Crippen LogP contribution >= 0.6 is 12.4 Å². The summed E-state index contributed by atoms with van der Waals surface area (Å²) in [4.78, 5) is 15.2. The third kappa shape index (κ3) is 4.34. The van der Waals surface area contributed by atoms with Crippen molar-refractivity contribution in [2.75, 3.05) is 24.1 Å². The Morgan fingerprint density at radius 3 is 2.84 bits per heavy atom. The number of nitrogens with two attached hydrogens (primary N) is 1. The van der Waals surface area contributed by atoms with Crippen LogP contribution in [0, 0.1) is 11.6 Å². The van der Waals surface area contributed by atoms with Gasteiger partial charge in [-0.15, -0.1) is 17.5 Å². The minimum Gasteiger partial charge on any atom is -0.461 e. The van der Waals surface area contributed by atoms with Gasteiger partial charge in [-0.2, -0.15) is 19.5 Å². The molecule has 12 heteroatoms. The number of nitrogens with one attached hydrogen (secondary N) is 1. The predicted molar refractivity (Wildman–Crippen MR) is 116 cm³/mol. The van der Waals surface area contributed by atoms with Gasteiger partial charge >= 0.3 is 0 Å². The van der Waals surface area contributed by atoms with Crippen molar-refractivity contribution in [2.45, 2.75) is 25.4 Å². The molecule has 0 unspecified atom stereocenters. The number of nitrogens with zero attached hydrogens (tertiary/aromatic N) is 6. The van der Waals surface area contributed by atoms with Gasteiger partial charge in [0.25, 0.3) is 5.78 Å². The molecule has 0 saturated carbocycles. The van der Waals surface area contributed by atoms with E-state index in [0.717, 1.165) is 25.5 Å². The number of hydrogen-bond donors (Lipinski definition) is 2. The highest BCUT2D eigenvalue weighted by Gasteiger charge is 2.25. The SMILES string of the molecule is Cl.Nc1nc(NC[C@H]2CCCN2Cc2ccc(F)cc2F)nc2nc(-c3ccco3)nn12. The molecule has 1 fully saturated rings. The number of rotatable bonds is 6. The van der Waals surface area contributed by atoms with Gasteiger partial charge in [0, 0.05) is 30.8 Å². The molecule has 1 aliphatic rings. The molecule has 32 heavy (non-hydrogen) atoms. The first-order valence-corrected chi connectivity index (χ1v) is 9.93. The van der Waals surface area contributed by atoms with Crippen LogP contribution in [-0.4, -0.2) is 48.6 Å². The van der Waals surface area contributed by atoms with E-state index >= 15 is 0 Å². The van der Waals surface area contributed by atoms with E-state index in [1.807, 2.05) is 0 Å². The fraction of sp³-hybridized carbons (Fsp3) is 0.300. The summed E-state index contributed by atoms with van der Waals surface area (Å²) in [5.41, 5.74) is 6.50. The zero-order valence-electron chi connectivity index (χ0n) is 16.9. The number of benzene rings is 1. The molecule has 1 aromatic carbocycles. The van der Waals surface area contributed by atoms with Crippen LogP contribution in [0.5, 0.6) is 0 Å². The number of hydrogen-bond acceptors (Lipinski definition) is 8. The van der Waals surface area contributed by atoms with Gasteiger partial charge in [-0.1, -0.05) is 6.07 Å². The van der Waals surface area contributed by atoms with Gasteiger partial charge in [0.15, 0.2) is 5.76 Å². The lowest BCUT2D eigenvalue weighted by atomic mass is 10.1. The Labute approximate surface area is 188 Å². The standard InChI is InChI=1S/C20H20F2N8O.ClH/c21-13-6-5-12(15(22)9-13)11-29-7-1-3-14(29)10-24-19-26-18(23)30-20(27-19)25-17(28-30)16-4-2-8-31-16;/h2,4-6,8-9,14H,1,3,7,10-11H2,(H3,23,24,25,26,27,28);1H/t14-;/m1./s1. The first kappa shape index (κ1) is 21.9. The second kappa shape index (κ2) is 9.05. The Morgan fingerprint density at radius 2 is 2.06 bits per heavy atom. The predicted octanol–water partition coefficient (Wildman–Crippen LogP) is 3.14. The highest BCUT2D eigenvalue weighted by Crippen LogP contribution is 2.22. The highest BCUT2D eigenvalue weighted by atomic mass is 35.5. The summed E-state index contributed by atoms with van der Waals surface area (Å²) in [5, 5.41) is 7.47. The van der Waals surface area contributed by atoms with Gasteiger partial charge in [0.05, 0.1) is 6.26 Å². The lowest BCUT2D eigenvalue weighted by molar-refractivity contribution is 0.250. The molecule has 0 radical (unpaired) electrons. The minimum absolute atomic E-state index is 0. The molecule has 3 aromatic heterocycles. The molecule has 1 saturated heterocycles. The molecule has 168 valence electrons. The van der Waals surface area contributed by atoms with E-state index in [1.165, 1.54) is 22.9 Å². The van der Waals surface area contributed by atoms with Crippen molar-refractivity contribution in [2.24, 2.45) is 0 Å². The molecule has 0 bridgehead atoms. The third-order valence-electron chi connectivity index (χ3n) is 5.36. The molecular weight excluding hydrogens is 442 g/mol. The van der Waals surface area contributed by atoms with Gasteiger partial charge in [-0.05, 0) is 37.6 Å². The molecule has 4 aromatic rings. The van der Waals surface area contributed by atoms with Gasteiger partial charge in [-0.3, -0.25) is 4.90 Å². The molecular formula is C20H21ClF2N8O. The number of nitrogen functional groups attached to an aromatic ring is 1. The van der Waals surface area contributed by atoms with Crippen molar-refractivity contribution < 1.29 is 13.2 Å². The van der Waals surface area contributed by atoms with E-state index in [-0.39, 0.29) is 24.4 Å². The summed E-state index contributed by atoms with van der Waals surface area (Å²) in [6.07, 6.45) is 3.48. The van der Waals surface area contributed by atoms with Crippen LogP contribution in [0.25, 0.3) is 17.4 Å². The van der Waals surface area contributed by atoms with Crippen LogP contribution < -0.4 is 11.1 Å². The van der Waals surface area contributed by atoms with E-state index < -0.39 is 11.6 Å². The first-order valence-electron chi connectivity index (χ1n) is 9.93. The van der Waals surface area contributed by atoms with Crippen molar-refractivity contribution in [3.63, 3.8) is 0 Å². The monoisotopic (exact) mass is 462 g/mol. The quantitative estimate of drug-likeness (QED) is 0.449. The van der Waals surface area contributed by atoms with Crippen LogP contribution in [0.2, 0.25) is 0 Å². The van der Waals surface area contributed by atoms with Crippen LogP contribution in [0.4, 0.5) is 20.7 Å². The maximum atomic E-state index is 14.0. The molecule has 1 aliphatic heterocycles. The molecule has 0 aliphatic carbocycles. The zero-order valence-corrected chi connectivity index (χ0v) is 17.7. The first-order chi connectivity index (χ1) is 15.1. The van der Waals surface area contributed by atoms with Crippen LogP contribution in [0.3, 0.4) is 0 Å². The highest BCUT2D eigenvalue weighted by molar-refractivity contribution is 5.85. The lowest BCUT2D eigenvalue weighted by Gasteiger charge is -2.25. The van der Waals surface area contributed by atoms with Gasteiger partial charge in [0.2, 0.25) is 17.7 Å². The molecule has 4 heterocycles. The summed E-state index contributed by atoms with van der Waals surface area (Å²) in [6, 6.07) is 7.34. The van der Waals surface area contributed by atoms with E-state index in [1.54, 1.807) is 12.1 Å². The normalized spacial score (nSPS) is 16.4. The maximum Gasteiger partial charge on any atom is 0.259 e. The number of halogens is 3. The van der Waals surface area contributed by atoms with E-state index in [2.05, 4.69) is 30.3 Å². The Morgan fingerprint density at radius 1 is 1.19 bits per heavy atom. The van der Waals surface area contributed by atoms with Crippen molar-refractivity contribution >= 4 is 30.1 Å². The minimum atomic E-state index is -0.574. The fourth-order valence-electron chi connectivity index (χ4n) is 3.81. The molecule has 3 N–H and O–H groups in total. The third-order valence-corrected chi connectivity index (χ3v) is 5.36. The Bertz CT molecular complexity index is 1220. The van der Waals surface area contributed by atoms with E-state index in [0.29, 0.717) is 42.0 Å². The van der Waals surface area contributed by atoms with Crippen LogP contribution in [0.15, 0.2) is 41.0 Å². The van der Waals surface area contributed by atoms with Crippen LogP contribution in [-0.2, 0) is 6.54 Å². The average Bonchev–Trinajstić information content (AvgIpc) is 3.49. The fourth-order valence-corrected chi connectivity index (χ4v) is 3.81.